The summed E-state index contributed by atoms with van der Waals surface area (Å²) in [5, 5.41) is 0. The van der Waals surface area contributed by atoms with E-state index < -0.39 is 11.9 Å². The van der Waals surface area contributed by atoms with Crippen LogP contribution in [0.5, 0.6) is 0 Å². The zero-order chi connectivity index (χ0) is 10.3. The number of pyridine rings is 1. The molecule has 1 aromatic heterocycles. The van der Waals surface area contributed by atoms with Gasteiger partial charge in [0.05, 0.1) is 0 Å². The molecule has 0 spiro atoms. The summed E-state index contributed by atoms with van der Waals surface area (Å²) in [7, 11) is 0. The van der Waals surface area contributed by atoms with Gasteiger partial charge in [-0.15, -0.1) is 0 Å². The number of aryl methyl sites for hydroxylation is 3. The summed E-state index contributed by atoms with van der Waals surface area (Å²) in [5.74, 6) is 0. The van der Waals surface area contributed by atoms with E-state index >= 15 is 0 Å². The molecule has 4 heteroatoms. The Hall–Kier alpha value is -1.06. The number of fused-ring (bicyclic) bond motifs is 1. The van der Waals surface area contributed by atoms with Crippen molar-refractivity contribution in [2.24, 2.45) is 0 Å². The normalized spacial score (nSPS) is 15.7. The standard InChI is InChI=1S/C10H10F3N/c1-6-5-7-3-2-4-8(7)14-9(6)10(11,12)13/h5H,2-4H2,1H3. The average Bonchev–Trinajstić information content (AvgIpc) is 2.47. The molecule has 14 heavy (non-hydrogen) atoms. The molecule has 0 saturated heterocycles. The molecule has 2 rings (SSSR count). The Morgan fingerprint density at radius 2 is 2.00 bits per heavy atom. The van der Waals surface area contributed by atoms with Crippen molar-refractivity contribution in [1.29, 1.82) is 0 Å². The summed E-state index contributed by atoms with van der Waals surface area (Å²) in [6.45, 7) is 1.47. The summed E-state index contributed by atoms with van der Waals surface area (Å²) in [5.41, 5.74) is 1.12. The largest absolute Gasteiger partial charge is 0.433 e. The molecule has 0 amide bonds. The predicted octanol–water partition coefficient (Wildman–Crippen LogP) is 2.90. The summed E-state index contributed by atoms with van der Waals surface area (Å²) in [6.07, 6.45) is -1.86. The van der Waals surface area contributed by atoms with E-state index in [2.05, 4.69) is 4.98 Å². The number of nitrogens with zero attached hydrogens (tertiary/aromatic N) is 1. The summed E-state index contributed by atoms with van der Waals surface area (Å²) >= 11 is 0. The van der Waals surface area contributed by atoms with Crippen LogP contribution in [-0.2, 0) is 19.0 Å². The lowest BCUT2D eigenvalue weighted by Gasteiger charge is -2.10. The van der Waals surface area contributed by atoms with Crippen molar-refractivity contribution in [3.8, 4) is 0 Å². The molecular formula is C10H10F3N. The molecule has 1 aromatic rings. The lowest BCUT2D eigenvalue weighted by atomic mass is 10.1. The number of aromatic nitrogens is 1. The molecule has 76 valence electrons. The van der Waals surface area contributed by atoms with Gasteiger partial charge < -0.3 is 0 Å². The zero-order valence-electron chi connectivity index (χ0n) is 7.78. The van der Waals surface area contributed by atoms with E-state index in [1.807, 2.05) is 0 Å². The fraction of sp³-hybridized carbons (Fsp3) is 0.500. The van der Waals surface area contributed by atoms with Gasteiger partial charge in [-0.3, -0.25) is 0 Å². The van der Waals surface area contributed by atoms with Gasteiger partial charge in [0.25, 0.3) is 0 Å². The molecule has 0 saturated carbocycles. The first-order chi connectivity index (χ1) is 6.48. The van der Waals surface area contributed by atoms with Crippen LogP contribution in [0, 0.1) is 6.92 Å². The Kier molecular flexibility index (Phi) is 2.01. The lowest BCUT2D eigenvalue weighted by Crippen LogP contribution is -2.12. The molecule has 1 aliphatic carbocycles. The van der Waals surface area contributed by atoms with Gasteiger partial charge in [0.1, 0.15) is 5.69 Å². The molecule has 0 atom stereocenters. The minimum absolute atomic E-state index is 0.234. The second kappa shape index (κ2) is 2.97. The fourth-order valence-electron chi connectivity index (χ4n) is 1.87. The van der Waals surface area contributed by atoms with Gasteiger partial charge in [-0.25, -0.2) is 4.98 Å². The molecule has 1 heterocycles. The Morgan fingerprint density at radius 3 is 2.64 bits per heavy atom. The van der Waals surface area contributed by atoms with E-state index in [1.165, 1.54) is 6.92 Å². The van der Waals surface area contributed by atoms with Crippen LogP contribution >= 0.6 is 0 Å². The zero-order valence-corrected chi connectivity index (χ0v) is 7.78. The highest BCUT2D eigenvalue weighted by Gasteiger charge is 2.35. The third kappa shape index (κ3) is 1.49. The first kappa shape index (κ1) is 9.49. The Balaban J connectivity index is 2.53. The third-order valence-corrected chi connectivity index (χ3v) is 2.51. The summed E-state index contributed by atoms with van der Waals surface area (Å²) in [6, 6.07) is 1.62. The smallest absolute Gasteiger partial charge is 0.248 e. The Morgan fingerprint density at radius 1 is 1.29 bits per heavy atom. The van der Waals surface area contributed by atoms with E-state index in [0.29, 0.717) is 12.1 Å². The molecule has 0 fully saturated rings. The maximum absolute atomic E-state index is 12.5. The van der Waals surface area contributed by atoms with Gasteiger partial charge in [-0.1, -0.05) is 6.07 Å². The molecule has 0 radical (unpaired) electrons. The molecule has 1 aliphatic rings. The van der Waals surface area contributed by atoms with E-state index in [1.54, 1.807) is 6.07 Å². The third-order valence-electron chi connectivity index (χ3n) is 2.51. The number of alkyl halides is 3. The lowest BCUT2D eigenvalue weighted by molar-refractivity contribution is -0.141. The van der Waals surface area contributed by atoms with Gasteiger partial charge in [-0.05, 0) is 37.3 Å². The minimum Gasteiger partial charge on any atom is -0.248 e. The molecule has 1 nitrogen and oxygen atoms in total. The van der Waals surface area contributed by atoms with Gasteiger partial charge in [0.2, 0.25) is 0 Å². The molecule has 0 bridgehead atoms. The van der Waals surface area contributed by atoms with E-state index in [4.69, 9.17) is 0 Å². The van der Waals surface area contributed by atoms with Crippen molar-refractivity contribution < 1.29 is 13.2 Å². The van der Waals surface area contributed by atoms with Crippen molar-refractivity contribution in [2.45, 2.75) is 32.4 Å². The number of hydrogen-bond donors (Lipinski definition) is 0. The average molecular weight is 201 g/mol. The highest BCUT2D eigenvalue weighted by Crippen LogP contribution is 2.33. The van der Waals surface area contributed by atoms with E-state index in [0.717, 1.165) is 18.4 Å². The van der Waals surface area contributed by atoms with Gasteiger partial charge in [-0.2, -0.15) is 13.2 Å². The number of hydrogen-bond acceptors (Lipinski definition) is 1. The maximum atomic E-state index is 12.5. The SMILES string of the molecule is Cc1cc2c(nc1C(F)(F)F)CCC2. The van der Waals surface area contributed by atoms with Gasteiger partial charge in [0.15, 0.2) is 0 Å². The van der Waals surface area contributed by atoms with Crippen LogP contribution in [0.4, 0.5) is 13.2 Å². The molecule has 0 aliphatic heterocycles. The quantitative estimate of drug-likeness (QED) is 0.629. The molecule has 0 aromatic carbocycles. The number of rotatable bonds is 0. The monoisotopic (exact) mass is 201 g/mol. The van der Waals surface area contributed by atoms with Gasteiger partial charge in [0, 0.05) is 5.69 Å². The molecular weight excluding hydrogens is 191 g/mol. The molecule has 0 N–H and O–H groups in total. The predicted molar refractivity (Wildman–Crippen MR) is 46.0 cm³/mol. The van der Waals surface area contributed by atoms with Crippen LogP contribution in [0.25, 0.3) is 0 Å². The van der Waals surface area contributed by atoms with E-state index in [9.17, 15) is 13.2 Å². The topological polar surface area (TPSA) is 12.9 Å². The fourth-order valence-corrected chi connectivity index (χ4v) is 1.87. The van der Waals surface area contributed by atoms with Crippen molar-refractivity contribution in [3.05, 3.63) is 28.6 Å². The molecule has 0 unspecified atom stereocenters. The second-order valence-electron chi connectivity index (χ2n) is 3.61. The van der Waals surface area contributed by atoms with Crippen LogP contribution in [0.3, 0.4) is 0 Å². The van der Waals surface area contributed by atoms with E-state index in [-0.39, 0.29) is 5.56 Å². The second-order valence-corrected chi connectivity index (χ2v) is 3.61. The Labute approximate surface area is 80.0 Å². The van der Waals surface area contributed by atoms with Crippen LogP contribution < -0.4 is 0 Å². The van der Waals surface area contributed by atoms with Crippen LogP contribution in [-0.4, -0.2) is 4.98 Å². The summed E-state index contributed by atoms with van der Waals surface area (Å²) < 4.78 is 37.4. The number of halogens is 3. The van der Waals surface area contributed by atoms with Crippen molar-refractivity contribution >= 4 is 0 Å². The highest BCUT2D eigenvalue weighted by molar-refractivity contribution is 5.33. The van der Waals surface area contributed by atoms with Crippen molar-refractivity contribution in [1.82, 2.24) is 4.98 Å². The summed E-state index contributed by atoms with van der Waals surface area (Å²) in [4.78, 5) is 3.70. The van der Waals surface area contributed by atoms with Crippen molar-refractivity contribution in [2.75, 3.05) is 0 Å². The maximum Gasteiger partial charge on any atom is 0.433 e. The van der Waals surface area contributed by atoms with Crippen LogP contribution in [0.15, 0.2) is 6.07 Å². The highest BCUT2D eigenvalue weighted by atomic mass is 19.4. The van der Waals surface area contributed by atoms with Crippen LogP contribution in [0.1, 0.15) is 28.9 Å². The minimum atomic E-state index is -4.32. The first-order valence-electron chi connectivity index (χ1n) is 4.55. The van der Waals surface area contributed by atoms with Crippen molar-refractivity contribution in [3.63, 3.8) is 0 Å². The Bertz CT molecular complexity index is 368. The van der Waals surface area contributed by atoms with Crippen LogP contribution in [0.2, 0.25) is 0 Å². The van der Waals surface area contributed by atoms with Gasteiger partial charge >= 0.3 is 6.18 Å². The first-order valence-corrected chi connectivity index (χ1v) is 4.55.